The lowest BCUT2D eigenvalue weighted by atomic mass is 10.1. The molecule has 0 spiro atoms. The number of nitrogens with zero attached hydrogens (tertiary/aromatic N) is 1. The smallest absolute Gasteiger partial charge is 0.258 e. The monoisotopic (exact) mass is 241 g/mol. The second kappa shape index (κ2) is 3.92. The minimum Gasteiger partial charge on any atom is -0.399 e. The zero-order chi connectivity index (χ0) is 12.5. The van der Waals surface area contributed by atoms with Gasteiger partial charge in [0.25, 0.3) is 5.91 Å². The van der Waals surface area contributed by atoms with Crippen LogP contribution in [0.1, 0.15) is 10.4 Å². The minimum absolute atomic E-state index is 0.199. The van der Waals surface area contributed by atoms with Crippen molar-refractivity contribution in [3.8, 4) is 0 Å². The van der Waals surface area contributed by atoms with Gasteiger partial charge in [0.2, 0.25) is 0 Å². The maximum absolute atomic E-state index is 12.1. The van der Waals surface area contributed by atoms with Gasteiger partial charge in [-0.15, -0.1) is 0 Å². The van der Waals surface area contributed by atoms with Gasteiger partial charge >= 0.3 is 0 Å². The van der Waals surface area contributed by atoms with Crippen LogP contribution in [0.4, 0.5) is 11.5 Å². The number of hydrogen-bond acceptors (Lipinski definition) is 3. The third-order valence-electron chi connectivity index (χ3n) is 2.70. The average Bonchev–Trinajstić information content (AvgIpc) is 2.97. The molecule has 6 heteroatoms. The summed E-state index contributed by atoms with van der Waals surface area (Å²) in [6, 6.07) is 7.07. The lowest BCUT2D eigenvalue weighted by molar-refractivity contribution is 0.102. The number of carbonyl (C=O) groups is 1. The standard InChI is InChI=1S/C12H11N5O/c13-7-1-2-8-9(6-14-10(8)5-7)12(18)16-11-3-4-15-17-11/h1-6,14H,13H2,(H2,15,16,17,18). The van der Waals surface area contributed by atoms with Crippen molar-refractivity contribution in [1.82, 2.24) is 15.2 Å². The summed E-state index contributed by atoms with van der Waals surface area (Å²) in [6.07, 6.45) is 3.24. The summed E-state index contributed by atoms with van der Waals surface area (Å²) >= 11 is 0. The summed E-state index contributed by atoms with van der Waals surface area (Å²) in [4.78, 5) is 15.1. The zero-order valence-corrected chi connectivity index (χ0v) is 9.40. The Bertz CT molecular complexity index is 698. The first kappa shape index (κ1) is 10.4. The molecule has 0 atom stereocenters. The molecule has 1 aromatic carbocycles. The Hall–Kier alpha value is -2.76. The zero-order valence-electron chi connectivity index (χ0n) is 9.40. The van der Waals surface area contributed by atoms with E-state index >= 15 is 0 Å². The van der Waals surface area contributed by atoms with Crippen molar-refractivity contribution >= 4 is 28.3 Å². The molecule has 0 radical (unpaired) electrons. The number of nitrogens with two attached hydrogens (primary N) is 1. The molecule has 0 saturated heterocycles. The topological polar surface area (TPSA) is 99.6 Å². The molecule has 0 aliphatic heterocycles. The molecule has 6 nitrogen and oxygen atoms in total. The molecule has 5 N–H and O–H groups in total. The fraction of sp³-hybridized carbons (Fsp3) is 0. The number of hydrogen-bond donors (Lipinski definition) is 4. The van der Waals surface area contributed by atoms with Crippen molar-refractivity contribution in [3.05, 3.63) is 42.2 Å². The van der Waals surface area contributed by atoms with Crippen LogP contribution in [0.5, 0.6) is 0 Å². The van der Waals surface area contributed by atoms with Crippen LogP contribution < -0.4 is 11.1 Å². The SMILES string of the molecule is Nc1ccc2c(C(=O)Nc3ccn[nH]3)c[nH]c2c1. The molecule has 0 aliphatic rings. The highest BCUT2D eigenvalue weighted by molar-refractivity contribution is 6.12. The van der Waals surface area contributed by atoms with E-state index in [1.54, 1.807) is 30.6 Å². The third kappa shape index (κ3) is 1.69. The van der Waals surface area contributed by atoms with Crippen molar-refractivity contribution < 1.29 is 4.79 Å². The molecule has 0 fully saturated rings. The first-order valence-corrected chi connectivity index (χ1v) is 5.41. The van der Waals surface area contributed by atoms with Crippen LogP contribution in [-0.2, 0) is 0 Å². The molecular weight excluding hydrogens is 230 g/mol. The van der Waals surface area contributed by atoms with Gasteiger partial charge in [-0.1, -0.05) is 0 Å². The normalized spacial score (nSPS) is 10.7. The van der Waals surface area contributed by atoms with Gasteiger partial charge in [-0.05, 0) is 18.2 Å². The molecule has 2 aromatic heterocycles. The van der Waals surface area contributed by atoms with Gasteiger partial charge in [0.15, 0.2) is 0 Å². The van der Waals surface area contributed by atoms with Crippen LogP contribution in [-0.4, -0.2) is 21.1 Å². The first-order chi connectivity index (χ1) is 8.74. The molecule has 1 amide bonds. The third-order valence-corrected chi connectivity index (χ3v) is 2.70. The second-order valence-corrected chi connectivity index (χ2v) is 3.93. The Morgan fingerprint density at radius 1 is 1.33 bits per heavy atom. The summed E-state index contributed by atoms with van der Waals surface area (Å²) in [5.41, 5.74) is 7.75. The quantitative estimate of drug-likeness (QED) is 0.514. The number of carbonyl (C=O) groups excluding carboxylic acids is 1. The number of rotatable bonds is 2. The van der Waals surface area contributed by atoms with Crippen molar-refractivity contribution in [3.63, 3.8) is 0 Å². The highest BCUT2D eigenvalue weighted by Gasteiger charge is 2.12. The Balaban J connectivity index is 1.97. The number of anilines is 2. The molecule has 90 valence electrons. The summed E-state index contributed by atoms with van der Waals surface area (Å²) in [7, 11) is 0. The fourth-order valence-electron chi connectivity index (χ4n) is 1.85. The van der Waals surface area contributed by atoms with Gasteiger partial charge in [-0.2, -0.15) is 5.10 Å². The van der Waals surface area contributed by atoms with Crippen LogP contribution >= 0.6 is 0 Å². The largest absolute Gasteiger partial charge is 0.399 e. The van der Waals surface area contributed by atoms with Crippen LogP contribution in [0.2, 0.25) is 0 Å². The van der Waals surface area contributed by atoms with E-state index < -0.39 is 0 Å². The molecule has 0 unspecified atom stereocenters. The number of fused-ring (bicyclic) bond motifs is 1. The number of benzene rings is 1. The van der Waals surface area contributed by atoms with E-state index in [1.807, 2.05) is 6.07 Å². The molecule has 18 heavy (non-hydrogen) atoms. The molecule has 2 heterocycles. The molecule has 0 saturated carbocycles. The van der Waals surface area contributed by atoms with E-state index in [4.69, 9.17) is 5.73 Å². The maximum Gasteiger partial charge on any atom is 0.258 e. The van der Waals surface area contributed by atoms with Gasteiger partial charge in [0.1, 0.15) is 5.82 Å². The number of H-pyrrole nitrogens is 2. The van der Waals surface area contributed by atoms with E-state index in [2.05, 4.69) is 20.5 Å². The Morgan fingerprint density at radius 2 is 2.22 bits per heavy atom. The number of nitrogen functional groups attached to an aromatic ring is 1. The number of amides is 1. The van der Waals surface area contributed by atoms with E-state index in [-0.39, 0.29) is 5.91 Å². The van der Waals surface area contributed by atoms with E-state index in [1.165, 1.54) is 0 Å². The van der Waals surface area contributed by atoms with Crippen LogP contribution in [0.3, 0.4) is 0 Å². The van der Waals surface area contributed by atoms with E-state index in [9.17, 15) is 4.79 Å². The van der Waals surface area contributed by atoms with Crippen LogP contribution in [0, 0.1) is 0 Å². The predicted molar refractivity (Wildman–Crippen MR) is 69.3 cm³/mol. The Labute approximate surface area is 102 Å². The van der Waals surface area contributed by atoms with Gasteiger partial charge in [-0.3, -0.25) is 9.89 Å². The summed E-state index contributed by atoms with van der Waals surface area (Å²) in [6.45, 7) is 0. The molecule has 3 rings (SSSR count). The van der Waals surface area contributed by atoms with Crippen molar-refractivity contribution in [1.29, 1.82) is 0 Å². The van der Waals surface area contributed by atoms with Crippen molar-refractivity contribution in [2.75, 3.05) is 11.1 Å². The summed E-state index contributed by atoms with van der Waals surface area (Å²) in [5, 5.41) is 10.00. The lowest BCUT2D eigenvalue weighted by Crippen LogP contribution is -2.11. The average molecular weight is 241 g/mol. The van der Waals surface area contributed by atoms with Gasteiger partial charge in [0.05, 0.1) is 11.8 Å². The highest BCUT2D eigenvalue weighted by Crippen LogP contribution is 2.21. The number of aromatic amines is 2. The van der Waals surface area contributed by atoms with Gasteiger partial charge in [-0.25, -0.2) is 0 Å². The number of nitrogens with one attached hydrogen (secondary N) is 3. The predicted octanol–water partition coefficient (Wildman–Crippen LogP) is 1.73. The molecule has 3 aromatic rings. The van der Waals surface area contributed by atoms with Crippen LogP contribution in [0.25, 0.3) is 10.9 Å². The fourth-order valence-corrected chi connectivity index (χ4v) is 1.85. The molecule has 0 aliphatic carbocycles. The Kier molecular flexibility index (Phi) is 2.26. The van der Waals surface area contributed by atoms with Crippen LogP contribution in [0.15, 0.2) is 36.7 Å². The van der Waals surface area contributed by atoms with Crippen molar-refractivity contribution in [2.24, 2.45) is 0 Å². The van der Waals surface area contributed by atoms with E-state index in [0.717, 1.165) is 10.9 Å². The lowest BCUT2D eigenvalue weighted by Gasteiger charge is -2.01. The number of aromatic nitrogens is 3. The highest BCUT2D eigenvalue weighted by atomic mass is 16.1. The minimum atomic E-state index is -0.199. The van der Waals surface area contributed by atoms with Crippen molar-refractivity contribution in [2.45, 2.75) is 0 Å². The molecular formula is C12H11N5O. The van der Waals surface area contributed by atoms with Gasteiger partial charge in [0, 0.05) is 28.9 Å². The summed E-state index contributed by atoms with van der Waals surface area (Å²) in [5.74, 6) is 0.361. The summed E-state index contributed by atoms with van der Waals surface area (Å²) < 4.78 is 0. The second-order valence-electron chi connectivity index (χ2n) is 3.93. The van der Waals surface area contributed by atoms with Gasteiger partial charge < -0.3 is 16.0 Å². The van der Waals surface area contributed by atoms with E-state index in [0.29, 0.717) is 17.1 Å². The Morgan fingerprint density at radius 3 is 3.00 bits per heavy atom. The maximum atomic E-state index is 12.1. The molecule has 0 bridgehead atoms. The first-order valence-electron chi connectivity index (χ1n) is 5.41.